The molecular weight excluding hydrogens is 108 g/mol. The summed E-state index contributed by atoms with van der Waals surface area (Å²) >= 11 is -0.874. The first kappa shape index (κ1) is 6.87. The maximum absolute atomic E-state index is 10.3. The SMILES string of the molecule is C#CC[S+]([O-])C[CH2]. The fourth-order valence-electron chi connectivity index (χ4n) is 0.165. The zero-order valence-electron chi connectivity index (χ0n) is 4.02. The normalized spacial score (nSPS) is 12.7. The molecule has 1 radical (unpaired) electrons. The molecule has 0 aromatic carbocycles. The third-order valence-electron chi connectivity index (χ3n) is 0.472. The lowest BCUT2D eigenvalue weighted by molar-refractivity contribution is 0.601. The van der Waals surface area contributed by atoms with Crippen LogP contribution in [0.2, 0.25) is 0 Å². The molecule has 0 bridgehead atoms. The second-order valence-corrected chi connectivity index (χ2v) is 2.57. The van der Waals surface area contributed by atoms with Crippen LogP contribution in [-0.4, -0.2) is 16.1 Å². The van der Waals surface area contributed by atoms with E-state index in [4.69, 9.17) is 6.42 Å². The van der Waals surface area contributed by atoms with Gasteiger partial charge < -0.3 is 4.55 Å². The Bertz CT molecular complexity index is 74.6. The Morgan fingerprint density at radius 1 is 1.86 bits per heavy atom. The predicted molar refractivity (Wildman–Crippen MR) is 32.1 cm³/mol. The highest BCUT2D eigenvalue weighted by Gasteiger charge is 1.94. The summed E-state index contributed by atoms with van der Waals surface area (Å²) in [7, 11) is 0. The minimum atomic E-state index is -0.874. The molecule has 0 spiro atoms. The van der Waals surface area contributed by atoms with Gasteiger partial charge in [-0.1, -0.05) is 5.92 Å². The van der Waals surface area contributed by atoms with Crippen LogP contribution in [0.3, 0.4) is 0 Å². The van der Waals surface area contributed by atoms with Gasteiger partial charge in [0.05, 0.1) is 0 Å². The van der Waals surface area contributed by atoms with Crippen molar-refractivity contribution in [3.05, 3.63) is 6.92 Å². The molecule has 2 heteroatoms. The second-order valence-electron chi connectivity index (χ2n) is 0.992. The summed E-state index contributed by atoms with van der Waals surface area (Å²) in [5.74, 6) is 3.04. The van der Waals surface area contributed by atoms with Gasteiger partial charge in [0.15, 0.2) is 5.75 Å². The first-order valence-corrected chi connectivity index (χ1v) is 3.37. The van der Waals surface area contributed by atoms with Gasteiger partial charge in [-0.05, 0) is 18.1 Å². The molecule has 0 aromatic heterocycles. The van der Waals surface area contributed by atoms with Gasteiger partial charge in [-0.15, -0.1) is 6.42 Å². The molecule has 0 heterocycles. The van der Waals surface area contributed by atoms with Crippen molar-refractivity contribution in [2.75, 3.05) is 11.5 Å². The standard InChI is InChI=1S/C5H7OS/c1-3-5-7(6)4-2/h1H,2,4-5H2. The molecule has 7 heavy (non-hydrogen) atoms. The van der Waals surface area contributed by atoms with Gasteiger partial charge in [0.1, 0.15) is 5.75 Å². The molecular formula is C5H7OS. The van der Waals surface area contributed by atoms with Crippen LogP contribution in [0.25, 0.3) is 0 Å². The van der Waals surface area contributed by atoms with Crippen LogP contribution in [0, 0.1) is 19.3 Å². The van der Waals surface area contributed by atoms with Gasteiger partial charge in [-0.25, -0.2) is 0 Å². The van der Waals surface area contributed by atoms with Crippen molar-refractivity contribution in [3.63, 3.8) is 0 Å². The molecule has 1 unspecified atom stereocenters. The van der Waals surface area contributed by atoms with Crippen molar-refractivity contribution in [2.24, 2.45) is 0 Å². The minimum absolute atomic E-state index is 0.337. The molecule has 0 aliphatic carbocycles. The largest absolute Gasteiger partial charge is 0.616 e. The molecule has 1 nitrogen and oxygen atoms in total. The van der Waals surface area contributed by atoms with Crippen LogP contribution in [0.4, 0.5) is 0 Å². The molecule has 0 N–H and O–H groups in total. The maximum Gasteiger partial charge on any atom is 0.165 e. The smallest absolute Gasteiger partial charge is 0.165 e. The Hall–Kier alpha value is -0.130. The van der Waals surface area contributed by atoms with Crippen molar-refractivity contribution in [3.8, 4) is 12.3 Å². The fraction of sp³-hybridized carbons (Fsp3) is 0.400. The zero-order valence-corrected chi connectivity index (χ0v) is 4.83. The van der Waals surface area contributed by atoms with Crippen LogP contribution in [-0.2, 0) is 11.2 Å². The van der Waals surface area contributed by atoms with E-state index >= 15 is 0 Å². The van der Waals surface area contributed by atoms with Crippen LogP contribution < -0.4 is 0 Å². The van der Waals surface area contributed by atoms with Gasteiger partial charge in [0.2, 0.25) is 0 Å². The molecule has 0 rings (SSSR count). The third kappa shape index (κ3) is 3.71. The summed E-state index contributed by atoms with van der Waals surface area (Å²) in [5.41, 5.74) is 0. The number of terminal acetylenes is 1. The van der Waals surface area contributed by atoms with Gasteiger partial charge in [0, 0.05) is 0 Å². The van der Waals surface area contributed by atoms with E-state index in [9.17, 15) is 4.55 Å². The summed E-state index contributed by atoms with van der Waals surface area (Å²) in [6, 6.07) is 0. The van der Waals surface area contributed by atoms with Crippen molar-refractivity contribution in [2.45, 2.75) is 0 Å². The molecule has 1 atom stereocenters. The second kappa shape index (κ2) is 4.04. The minimum Gasteiger partial charge on any atom is -0.616 e. The zero-order chi connectivity index (χ0) is 5.70. The van der Waals surface area contributed by atoms with E-state index in [1.807, 2.05) is 0 Å². The van der Waals surface area contributed by atoms with Gasteiger partial charge >= 0.3 is 0 Å². The first-order chi connectivity index (χ1) is 3.31. The molecule has 39 valence electrons. The average molecular weight is 115 g/mol. The van der Waals surface area contributed by atoms with Crippen LogP contribution in [0.1, 0.15) is 0 Å². The van der Waals surface area contributed by atoms with E-state index in [1.54, 1.807) is 0 Å². The highest BCUT2D eigenvalue weighted by molar-refractivity contribution is 7.91. The Balaban J connectivity index is 3.03. The maximum atomic E-state index is 10.3. The number of rotatable bonds is 2. The van der Waals surface area contributed by atoms with E-state index in [-0.39, 0.29) is 0 Å². The number of hydrogen-bond acceptors (Lipinski definition) is 1. The van der Waals surface area contributed by atoms with Crippen LogP contribution >= 0.6 is 0 Å². The summed E-state index contributed by atoms with van der Waals surface area (Å²) < 4.78 is 10.3. The van der Waals surface area contributed by atoms with E-state index in [2.05, 4.69) is 12.8 Å². The Morgan fingerprint density at radius 3 is 2.57 bits per heavy atom. The van der Waals surface area contributed by atoms with Crippen LogP contribution in [0.5, 0.6) is 0 Å². The summed E-state index contributed by atoms with van der Waals surface area (Å²) in [4.78, 5) is 0. The third-order valence-corrected chi connectivity index (χ3v) is 1.42. The molecule has 0 saturated carbocycles. The molecule has 0 aliphatic rings. The van der Waals surface area contributed by atoms with Crippen LogP contribution in [0.15, 0.2) is 0 Å². The Kier molecular flexibility index (Phi) is 3.97. The lowest BCUT2D eigenvalue weighted by Gasteiger charge is -2.00. The lowest BCUT2D eigenvalue weighted by Crippen LogP contribution is -2.06. The first-order valence-electron chi connectivity index (χ1n) is 1.89. The molecule has 0 fully saturated rings. The van der Waals surface area contributed by atoms with Crippen molar-refractivity contribution in [1.82, 2.24) is 0 Å². The molecule has 0 amide bonds. The van der Waals surface area contributed by atoms with E-state index in [0.29, 0.717) is 11.5 Å². The van der Waals surface area contributed by atoms with E-state index in [1.165, 1.54) is 0 Å². The highest BCUT2D eigenvalue weighted by atomic mass is 32.2. The van der Waals surface area contributed by atoms with E-state index in [0.717, 1.165) is 0 Å². The van der Waals surface area contributed by atoms with Gasteiger partial charge in [0.25, 0.3) is 0 Å². The predicted octanol–water partition coefficient (Wildman–Crippen LogP) is 0.202. The summed E-state index contributed by atoms with van der Waals surface area (Å²) in [6.07, 6.45) is 4.83. The van der Waals surface area contributed by atoms with Gasteiger partial charge in [-0.3, -0.25) is 0 Å². The Labute approximate surface area is 47.3 Å². The molecule has 0 aromatic rings. The molecule has 0 aliphatic heterocycles. The monoisotopic (exact) mass is 115 g/mol. The molecule has 0 saturated heterocycles. The van der Waals surface area contributed by atoms with Crippen molar-refractivity contribution >= 4 is 11.2 Å². The topological polar surface area (TPSA) is 23.1 Å². The summed E-state index contributed by atoms with van der Waals surface area (Å²) in [6.45, 7) is 3.41. The van der Waals surface area contributed by atoms with Gasteiger partial charge in [-0.2, -0.15) is 0 Å². The Morgan fingerprint density at radius 2 is 2.43 bits per heavy atom. The lowest BCUT2D eigenvalue weighted by atomic mass is 10.8. The quantitative estimate of drug-likeness (QED) is 0.372. The summed E-state index contributed by atoms with van der Waals surface area (Å²) in [5, 5.41) is 0. The number of hydrogen-bond donors (Lipinski definition) is 0. The fourth-order valence-corrected chi connectivity index (χ4v) is 0.495. The van der Waals surface area contributed by atoms with Crippen molar-refractivity contribution in [1.29, 1.82) is 0 Å². The van der Waals surface area contributed by atoms with E-state index < -0.39 is 11.2 Å². The highest BCUT2D eigenvalue weighted by Crippen LogP contribution is 1.84. The average Bonchev–Trinajstić information content (AvgIpc) is 1.68. The van der Waals surface area contributed by atoms with Crippen molar-refractivity contribution < 1.29 is 4.55 Å².